The monoisotopic (exact) mass is 378 g/mol. The van der Waals surface area contributed by atoms with Crippen molar-refractivity contribution < 1.29 is 17.6 Å². The van der Waals surface area contributed by atoms with Gasteiger partial charge in [-0.3, -0.25) is 4.79 Å². The number of oxazole rings is 1. The fourth-order valence-electron chi connectivity index (χ4n) is 2.91. The average molecular weight is 378 g/mol. The van der Waals surface area contributed by atoms with Crippen molar-refractivity contribution in [1.82, 2.24) is 15.6 Å². The lowest BCUT2D eigenvalue weighted by Crippen LogP contribution is -2.27. The Bertz CT molecular complexity index is 855. The Hall–Kier alpha value is -2.23. The predicted molar refractivity (Wildman–Crippen MR) is 95.2 cm³/mol. The molecule has 0 radical (unpaired) electrons. The van der Waals surface area contributed by atoms with Gasteiger partial charge in [-0.15, -0.1) is 0 Å². The van der Waals surface area contributed by atoms with Crippen molar-refractivity contribution in [3.63, 3.8) is 0 Å². The number of amides is 1. The predicted octanol–water partition coefficient (Wildman–Crippen LogP) is 0.761. The minimum atomic E-state index is -3.69. The second-order valence-corrected chi connectivity index (χ2v) is 7.85. The van der Waals surface area contributed by atoms with Crippen molar-refractivity contribution in [3.8, 4) is 0 Å². The van der Waals surface area contributed by atoms with Gasteiger partial charge in [0.15, 0.2) is 11.6 Å². The molecule has 0 bridgehead atoms. The van der Waals surface area contributed by atoms with Crippen LogP contribution in [0.4, 0.5) is 0 Å². The zero-order valence-corrected chi connectivity index (χ0v) is 15.1. The number of primary sulfonamides is 1. The lowest BCUT2D eigenvalue weighted by molar-refractivity contribution is 0.0949. The molecule has 26 heavy (non-hydrogen) atoms. The van der Waals surface area contributed by atoms with Gasteiger partial charge < -0.3 is 15.1 Å². The minimum Gasteiger partial charge on any atom is -0.448 e. The maximum absolute atomic E-state index is 12.2. The highest BCUT2D eigenvalue weighted by molar-refractivity contribution is 7.89. The molecular weight excluding hydrogens is 356 g/mol. The third-order valence-corrected chi connectivity index (χ3v) is 5.32. The molecule has 2 aromatic rings. The van der Waals surface area contributed by atoms with Crippen LogP contribution in [-0.4, -0.2) is 38.9 Å². The molecule has 9 heteroatoms. The summed E-state index contributed by atoms with van der Waals surface area (Å²) in [4.78, 5) is 16.6. The van der Waals surface area contributed by atoms with E-state index in [0.29, 0.717) is 18.9 Å². The first-order valence-electron chi connectivity index (χ1n) is 8.49. The number of hydrogen-bond donors (Lipinski definition) is 3. The summed E-state index contributed by atoms with van der Waals surface area (Å²) in [7, 11) is -3.69. The molecule has 2 heterocycles. The summed E-state index contributed by atoms with van der Waals surface area (Å²) in [6.07, 6.45) is 3.87. The number of nitrogens with zero attached hydrogens (tertiary/aromatic N) is 1. The zero-order chi connectivity index (χ0) is 18.6. The Labute approximate surface area is 152 Å². The van der Waals surface area contributed by atoms with Crippen molar-refractivity contribution in [3.05, 3.63) is 47.7 Å². The highest BCUT2D eigenvalue weighted by Crippen LogP contribution is 2.24. The molecular formula is C17H22N4O4S. The van der Waals surface area contributed by atoms with E-state index in [1.54, 1.807) is 12.1 Å². The van der Waals surface area contributed by atoms with Crippen LogP contribution in [0.25, 0.3) is 0 Å². The fourth-order valence-corrected chi connectivity index (χ4v) is 3.42. The molecule has 0 spiro atoms. The molecule has 1 aromatic heterocycles. The number of hydrogen-bond acceptors (Lipinski definition) is 6. The summed E-state index contributed by atoms with van der Waals surface area (Å²) >= 11 is 0. The van der Waals surface area contributed by atoms with Gasteiger partial charge in [0.25, 0.3) is 5.91 Å². The molecule has 3 rings (SSSR count). The Morgan fingerprint density at radius 1 is 1.27 bits per heavy atom. The molecule has 1 amide bonds. The highest BCUT2D eigenvalue weighted by atomic mass is 32.2. The quantitative estimate of drug-likeness (QED) is 0.681. The van der Waals surface area contributed by atoms with Crippen LogP contribution in [-0.2, 0) is 16.4 Å². The number of nitrogens with one attached hydrogen (secondary N) is 2. The summed E-state index contributed by atoms with van der Waals surface area (Å²) in [6, 6.07) is 6.26. The largest absolute Gasteiger partial charge is 0.448 e. The summed E-state index contributed by atoms with van der Waals surface area (Å²) < 4.78 is 27.9. The third-order valence-electron chi connectivity index (χ3n) is 4.39. The van der Waals surface area contributed by atoms with Crippen LogP contribution < -0.4 is 15.8 Å². The standard InChI is InChI=1S/C17H22N4O4S/c18-26(23,24)14-3-1-12(2-4-14)5-10-20-16(22)15-11-25-17(21-15)13-6-8-19-9-7-13/h1-4,11,13,19H,5-10H2,(H,20,22)(H2,18,23,24). The number of aromatic nitrogens is 1. The zero-order valence-electron chi connectivity index (χ0n) is 14.3. The molecule has 8 nitrogen and oxygen atoms in total. The van der Waals surface area contributed by atoms with Crippen molar-refractivity contribution in [2.24, 2.45) is 5.14 Å². The molecule has 1 aromatic carbocycles. The van der Waals surface area contributed by atoms with E-state index in [-0.39, 0.29) is 22.4 Å². The normalized spacial score (nSPS) is 15.7. The molecule has 0 aliphatic carbocycles. The van der Waals surface area contributed by atoms with E-state index in [4.69, 9.17) is 9.56 Å². The average Bonchev–Trinajstić information content (AvgIpc) is 3.12. The van der Waals surface area contributed by atoms with Gasteiger partial charge in [0.1, 0.15) is 6.26 Å². The molecule has 0 atom stereocenters. The summed E-state index contributed by atoms with van der Waals surface area (Å²) in [5, 5.41) is 11.1. The SMILES string of the molecule is NS(=O)(=O)c1ccc(CCNC(=O)c2coc(C3CCNCC3)n2)cc1. The molecule has 1 aliphatic heterocycles. The van der Waals surface area contributed by atoms with Crippen LogP contribution in [0.2, 0.25) is 0 Å². The number of sulfonamides is 1. The van der Waals surface area contributed by atoms with Crippen LogP contribution in [0, 0.1) is 0 Å². The molecule has 1 aliphatic rings. The fraction of sp³-hybridized carbons (Fsp3) is 0.412. The van der Waals surface area contributed by atoms with Gasteiger partial charge in [-0.25, -0.2) is 18.5 Å². The minimum absolute atomic E-state index is 0.0679. The van der Waals surface area contributed by atoms with Gasteiger partial charge in [-0.1, -0.05) is 12.1 Å². The number of nitrogens with two attached hydrogens (primary N) is 1. The van der Waals surface area contributed by atoms with E-state index in [9.17, 15) is 13.2 Å². The lowest BCUT2D eigenvalue weighted by atomic mass is 9.98. The summed E-state index contributed by atoms with van der Waals surface area (Å²) in [5.74, 6) is 0.598. The topological polar surface area (TPSA) is 127 Å². The van der Waals surface area contributed by atoms with Crippen molar-refractivity contribution in [2.75, 3.05) is 19.6 Å². The molecule has 0 unspecified atom stereocenters. The van der Waals surface area contributed by atoms with Gasteiger partial charge >= 0.3 is 0 Å². The molecule has 1 fully saturated rings. The Kier molecular flexibility index (Phi) is 5.70. The number of benzene rings is 1. The van der Waals surface area contributed by atoms with Crippen LogP contribution >= 0.6 is 0 Å². The second-order valence-electron chi connectivity index (χ2n) is 6.29. The van der Waals surface area contributed by atoms with Crippen molar-refractivity contribution in [2.45, 2.75) is 30.1 Å². The molecule has 1 saturated heterocycles. The van der Waals surface area contributed by atoms with Crippen LogP contribution in [0.5, 0.6) is 0 Å². The first kappa shape index (κ1) is 18.6. The van der Waals surface area contributed by atoms with Gasteiger partial charge in [0.2, 0.25) is 10.0 Å². The van der Waals surface area contributed by atoms with Crippen molar-refractivity contribution >= 4 is 15.9 Å². The Morgan fingerprint density at radius 3 is 2.62 bits per heavy atom. The lowest BCUT2D eigenvalue weighted by Gasteiger charge is -2.19. The van der Waals surface area contributed by atoms with Crippen LogP contribution in [0.3, 0.4) is 0 Å². The van der Waals surface area contributed by atoms with E-state index >= 15 is 0 Å². The van der Waals surface area contributed by atoms with Gasteiger partial charge in [0, 0.05) is 12.5 Å². The number of carbonyl (C=O) groups is 1. The highest BCUT2D eigenvalue weighted by Gasteiger charge is 2.21. The molecule has 0 saturated carbocycles. The molecule has 140 valence electrons. The number of rotatable bonds is 6. The van der Waals surface area contributed by atoms with Crippen LogP contribution in [0.15, 0.2) is 39.8 Å². The van der Waals surface area contributed by atoms with Crippen molar-refractivity contribution in [1.29, 1.82) is 0 Å². The van der Waals surface area contributed by atoms with Gasteiger partial charge in [-0.2, -0.15) is 0 Å². The molecule has 4 N–H and O–H groups in total. The van der Waals surface area contributed by atoms with E-state index in [1.165, 1.54) is 18.4 Å². The van der Waals surface area contributed by atoms with E-state index in [1.807, 2.05) is 0 Å². The third kappa shape index (κ3) is 4.69. The first-order valence-corrected chi connectivity index (χ1v) is 10.0. The van der Waals surface area contributed by atoms with E-state index in [2.05, 4.69) is 15.6 Å². The van der Waals surface area contributed by atoms with E-state index in [0.717, 1.165) is 31.5 Å². The summed E-state index contributed by atoms with van der Waals surface area (Å²) in [6.45, 7) is 2.26. The maximum Gasteiger partial charge on any atom is 0.273 e. The maximum atomic E-state index is 12.2. The van der Waals surface area contributed by atoms with E-state index < -0.39 is 10.0 Å². The number of carbonyl (C=O) groups excluding carboxylic acids is 1. The Balaban J connectivity index is 1.50. The second kappa shape index (κ2) is 7.98. The van der Waals surface area contributed by atoms with Gasteiger partial charge in [0.05, 0.1) is 4.90 Å². The van der Waals surface area contributed by atoms with Crippen LogP contribution in [0.1, 0.15) is 40.7 Å². The number of piperidine rings is 1. The Morgan fingerprint density at radius 2 is 1.96 bits per heavy atom. The first-order chi connectivity index (χ1) is 12.4. The van der Waals surface area contributed by atoms with Gasteiger partial charge in [-0.05, 0) is 50.0 Å². The smallest absolute Gasteiger partial charge is 0.273 e. The summed E-state index contributed by atoms with van der Waals surface area (Å²) in [5.41, 5.74) is 1.18.